The van der Waals surface area contributed by atoms with Crippen LogP contribution in [0.25, 0.3) is 5.69 Å². The Morgan fingerprint density at radius 3 is 2.00 bits per heavy atom. The van der Waals surface area contributed by atoms with E-state index in [-0.39, 0.29) is 4.90 Å². The summed E-state index contributed by atoms with van der Waals surface area (Å²) in [4.78, 5) is 0.177. The van der Waals surface area contributed by atoms with Gasteiger partial charge in [-0.25, -0.2) is 13.1 Å². The summed E-state index contributed by atoms with van der Waals surface area (Å²) in [5.74, 6) is 1.33. The molecular formula is C23H21N3O3S. The molecule has 6 nitrogen and oxygen atoms in total. The molecule has 0 aliphatic carbocycles. The molecule has 1 heterocycles. The average Bonchev–Trinajstić information content (AvgIpc) is 3.05. The monoisotopic (exact) mass is 419 g/mol. The van der Waals surface area contributed by atoms with Crippen LogP contribution in [0.5, 0.6) is 11.5 Å². The van der Waals surface area contributed by atoms with Crippen LogP contribution in [-0.2, 0) is 10.0 Å². The van der Waals surface area contributed by atoms with Crippen molar-refractivity contribution in [1.82, 2.24) is 9.78 Å². The Bertz CT molecular complexity index is 1250. The van der Waals surface area contributed by atoms with Crippen LogP contribution in [0.15, 0.2) is 89.8 Å². The Labute approximate surface area is 175 Å². The molecule has 0 saturated carbocycles. The van der Waals surface area contributed by atoms with E-state index in [9.17, 15) is 8.42 Å². The zero-order valence-corrected chi connectivity index (χ0v) is 17.4. The third-order valence-corrected chi connectivity index (χ3v) is 6.21. The minimum absolute atomic E-state index is 0.177. The summed E-state index contributed by atoms with van der Waals surface area (Å²) in [6.45, 7) is 3.44. The smallest absolute Gasteiger partial charge is 0.265 e. The highest BCUT2D eigenvalue weighted by Gasteiger charge is 2.25. The fourth-order valence-corrected chi connectivity index (χ4v) is 4.71. The minimum Gasteiger partial charge on any atom is -0.457 e. The standard InChI is InChI=1S/C23H21N3O3S/c1-17-23(18(2)26(24-17)20-9-5-3-6-10-20)30(27,28)25-19-13-15-22(16-14-19)29-21-11-7-4-8-12-21/h3-16,25H,1-2H3. The van der Waals surface area contributed by atoms with Gasteiger partial charge in [-0.3, -0.25) is 4.72 Å². The summed E-state index contributed by atoms with van der Waals surface area (Å²) < 4.78 is 36.2. The van der Waals surface area contributed by atoms with Gasteiger partial charge in [0.2, 0.25) is 0 Å². The summed E-state index contributed by atoms with van der Waals surface area (Å²) in [6.07, 6.45) is 0. The largest absolute Gasteiger partial charge is 0.457 e. The Hall–Kier alpha value is -3.58. The van der Waals surface area contributed by atoms with Gasteiger partial charge in [0, 0.05) is 5.69 Å². The van der Waals surface area contributed by atoms with Crippen LogP contribution in [0.2, 0.25) is 0 Å². The molecule has 0 amide bonds. The molecule has 0 unspecified atom stereocenters. The van der Waals surface area contributed by atoms with Gasteiger partial charge in [-0.2, -0.15) is 5.10 Å². The first kappa shape index (κ1) is 19.7. The first-order valence-corrected chi connectivity index (χ1v) is 10.9. The molecule has 152 valence electrons. The highest BCUT2D eigenvalue weighted by atomic mass is 32.2. The second-order valence-electron chi connectivity index (χ2n) is 6.79. The Morgan fingerprint density at radius 2 is 1.37 bits per heavy atom. The number of sulfonamides is 1. The maximum Gasteiger partial charge on any atom is 0.265 e. The molecule has 4 aromatic rings. The number of rotatable bonds is 6. The van der Waals surface area contributed by atoms with E-state index < -0.39 is 10.0 Å². The molecule has 1 aromatic heterocycles. The minimum atomic E-state index is -3.81. The van der Waals surface area contributed by atoms with Crippen molar-refractivity contribution < 1.29 is 13.2 Å². The highest BCUT2D eigenvalue weighted by molar-refractivity contribution is 7.92. The van der Waals surface area contributed by atoms with Crippen LogP contribution in [0, 0.1) is 13.8 Å². The molecule has 3 aromatic carbocycles. The van der Waals surface area contributed by atoms with E-state index in [0.29, 0.717) is 28.6 Å². The molecule has 0 aliphatic rings. The van der Waals surface area contributed by atoms with Gasteiger partial charge in [0.05, 0.1) is 17.1 Å². The molecule has 4 rings (SSSR count). The third kappa shape index (κ3) is 4.06. The summed E-state index contributed by atoms with van der Waals surface area (Å²) in [5, 5.41) is 4.43. The molecule has 0 aliphatic heterocycles. The van der Waals surface area contributed by atoms with Gasteiger partial charge in [0.1, 0.15) is 16.4 Å². The number of ether oxygens (including phenoxy) is 1. The summed E-state index contributed by atoms with van der Waals surface area (Å²) in [6, 6.07) is 25.6. The maximum atomic E-state index is 13.1. The first-order valence-electron chi connectivity index (χ1n) is 9.41. The maximum absolute atomic E-state index is 13.1. The SMILES string of the molecule is Cc1nn(-c2ccccc2)c(C)c1S(=O)(=O)Nc1ccc(Oc2ccccc2)cc1. The normalized spacial score (nSPS) is 11.3. The predicted molar refractivity (Wildman–Crippen MR) is 117 cm³/mol. The predicted octanol–water partition coefficient (Wildman–Crippen LogP) is 5.08. The van der Waals surface area contributed by atoms with Crippen molar-refractivity contribution >= 4 is 15.7 Å². The van der Waals surface area contributed by atoms with Crippen molar-refractivity contribution in [3.63, 3.8) is 0 Å². The van der Waals surface area contributed by atoms with Crippen molar-refractivity contribution in [2.24, 2.45) is 0 Å². The summed E-state index contributed by atoms with van der Waals surface area (Å²) in [7, 11) is -3.81. The van der Waals surface area contributed by atoms with E-state index in [2.05, 4.69) is 9.82 Å². The number of benzene rings is 3. The molecule has 1 N–H and O–H groups in total. The van der Waals surface area contributed by atoms with Gasteiger partial charge in [0.15, 0.2) is 0 Å². The van der Waals surface area contributed by atoms with Gasteiger partial charge in [-0.05, 0) is 62.4 Å². The number of aryl methyl sites for hydroxylation is 1. The first-order chi connectivity index (χ1) is 14.4. The third-order valence-electron chi connectivity index (χ3n) is 4.58. The number of hydrogen-bond acceptors (Lipinski definition) is 4. The van der Waals surface area contributed by atoms with E-state index in [1.165, 1.54) is 0 Å². The zero-order valence-electron chi connectivity index (χ0n) is 16.6. The molecule has 0 spiro atoms. The second kappa shape index (κ2) is 8.04. The molecule has 0 bridgehead atoms. The number of para-hydroxylation sites is 2. The number of nitrogens with one attached hydrogen (secondary N) is 1. The summed E-state index contributed by atoms with van der Waals surface area (Å²) >= 11 is 0. The van der Waals surface area contributed by atoms with Crippen LogP contribution in [0.1, 0.15) is 11.4 Å². The number of nitrogens with zero attached hydrogens (tertiary/aromatic N) is 2. The molecule has 30 heavy (non-hydrogen) atoms. The van der Waals surface area contributed by atoms with Crippen molar-refractivity contribution in [2.45, 2.75) is 18.7 Å². The van der Waals surface area contributed by atoms with Crippen LogP contribution >= 0.6 is 0 Å². The highest BCUT2D eigenvalue weighted by Crippen LogP contribution is 2.27. The molecule has 7 heteroatoms. The van der Waals surface area contributed by atoms with Crippen LogP contribution in [0.4, 0.5) is 5.69 Å². The van der Waals surface area contributed by atoms with Gasteiger partial charge in [0.25, 0.3) is 10.0 Å². The Morgan fingerprint density at radius 1 is 0.800 bits per heavy atom. The lowest BCUT2D eigenvalue weighted by molar-refractivity contribution is 0.483. The van der Waals surface area contributed by atoms with Gasteiger partial charge in [-0.15, -0.1) is 0 Å². The summed E-state index contributed by atoms with van der Waals surface area (Å²) in [5.41, 5.74) is 2.24. The lowest BCUT2D eigenvalue weighted by atomic mass is 10.3. The van der Waals surface area contributed by atoms with Crippen LogP contribution < -0.4 is 9.46 Å². The van der Waals surface area contributed by atoms with E-state index in [0.717, 1.165) is 5.69 Å². The zero-order chi connectivity index (χ0) is 21.1. The van der Waals surface area contributed by atoms with E-state index in [4.69, 9.17) is 4.74 Å². The molecule has 0 radical (unpaired) electrons. The Kier molecular flexibility index (Phi) is 5.29. The molecule has 0 fully saturated rings. The van der Waals surface area contributed by atoms with E-state index in [1.807, 2.05) is 60.7 Å². The van der Waals surface area contributed by atoms with Crippen LogP contribution in [-0.4, -0.2) is 18.2 Å². The number of anilines is 1. The topological polar surface area (TPSA) is 73.2 Å². The van der Waals surface area contributed by atoms with Crippen molar-refractivity contribution in [3.8, 4) is 17.2 Å². The van der Waals surface area contributed by atoms with Crippen molar-refractivity contribution in [2.75, 3.05) is 4.72 Å². The fraction of sp³-hybridized carbons (Fsp3) is 0.0870. The number of aromatic nitrogens is 2. The molecular weight excluding hydrogens is 398 g/mol. The van der Waals surface area contributed by atoms with Gasteiger partial charge >= 0.3 is 0 Å². The van der Waals surface area contributed by atoms with Gasteiger partial charge < -0.3 is 4.74 Å². The Balaban J connectivity index is 1.57. The van der Waals surface area contributed by atoms with Crippen molar-refractivity contribution in [3.05, 3.63) is 96.3 Å². The lowest BCUT2D eigenvalue weighted by Crippen LogP contribution is -2.15. The van der Waals surface area contributed by atoms with Crippen LogP contribution in [0.3, 0.4) is 0 Å². The fourth-order valence-electron chi connectivity index (χ4n) is 3.26. The van der Waals surface area contributed by atoms with Gasteiger partial charge in [-0.1, -0.05) is 36.4 Å². The number of hydrogen-bond donors (Lipinski definition) is 1. The average molecular weight is 420 g/mol. The second-order valence-corrected chi connectivity index (χ2v) is 8.41. The lowest BCUT2D eigenvalue weighted by Gasteiger charge is -2.10. The molecule has 0 atom stereocenters. The quantitative estimate of drug-likeness (QED) is 0.473. The molecule has 0 saturated heterocycles. The van der Waals surface area contributed by atoms with E-state index >= 15 is 0 Å². The van der Waals surface area contributed by atoms with E-state index in [1.54, 1.807) is 42.8 Å². The van der Waals surface area contributed by atoms with Crippen molar-refractivity contribution in [1.29, 1.82) is 0 Å².